The molecule has 0 fully saturated rings. The summed E-state index contributed by atoms with van der Waals surface area (Å²) >= 11 is 9.17. The van der Waals surface area contributed by atoms with Gasteiger partial charge >= 0.3 is 15.5 Å². The number of oxime groups is 1. The minimum Gasteiger partial charge on any atom is -0.391 e. The number of hydrogen-bond donors (Lipinski definition) is 1. The van der Waals surface area contributed by atoms with Gasteiger partial charge in [0, 0.05) is 15.1 Å². The summed E-state index contributed by atoms with van der Waals surface area (Å²) in [4.78, 5) is 5.20. The van der Waals surface area contributed by atoms with E-state index in [0.717, 1.165) is 16.1 Å². The molecule has 0 unspecified atom stereocenters. The second kappa shape index (κ2) is 8.49. The molecule has 0 bridgehead atoms. The second-order valence-corrected chi connectivity index (χ2v) is 8.34. The number of rotatable bonds is 6. The topological polar surface area (TPSA) is 67.8 Å². The van der Waals surface area contributed by atoms with E-state index >= 15 is 0 Å². The molecule has 1 N–H and O–H groups in total. The maximum atomic E-state index is 12.6. The number of benzene rings is 2. The molecule has 0 saturated carbocycles. The average Bonchev–Trinajstić information content (AvgIpc) is 2.57. The molecule has 0 spiro atoms. The monoisotopic (exact) mass is 484 g/mol. The Morgan fingerprint density at radius 1 is 1.22 bits per heavy atom. The fourth-order valence-electron chi connectivity index (χ4n) is 1.94. The zero-order valence-electron chi connectivity index (χ0n) is 13.7. The van der Waals surface area contributed by atoms with Crippen molar-refractivity contribution in [3.63, 3.8) is 0 Å². The van der Waals surface area contributed by atoms with E-state index in [-0.39, 0.29) is 28.6 Å². The molecule has 5 nitrogen and oxygen atoms in total. The number of hydrogen-bond acceptors (Lipinski definition) is 4. The van der Waals surface area contributed by atoms with Crippen LogP contribution >= 0.6 is 27.5 Å². The van der Waals surface area contributed by atoms with Crippen LogP contribution in [-0.4, -0.2) is 19.6 Å². The first-order chi connectivity index (χ1) is 12.5. The van der Waals surface area contributed by atoms with Crippen LogP contribution in [0.1, 0.15) is 18.1 Å². The van der Waals surface area contributed by atoms with Crippen molar-refractivity contribution in [3.8, 4) is 0 Å². The summed E-state index contributed by atoms with van der Waals surface area (Å²) < 4.78 is 63.0. The Morgan fingerprint density at radius 2 is 1.85 bits per heavy atom. The average molecular weight is 486 g/mol. The van der Waals surface area contributed by atoms with Crippen molar-refractivity contribution in [2.24, 2.45) is 5.16 Å². The molecule has 0 heterocycles. The van der Waals surface area contributed by atoms with Crippen molar-refractivity contribution in [1.29, 1.82) is 0 Å². The van der Waals surface area contributed by atoms with Gasteiger partial charge in [0.15, 0.2) is 0 Å². The highest BCUT2D eigenvalue weighted by atomic mass is 79.9. The van der Waals surface area contributed by atoms with Crippen LogP contribution in [0.4, 0.5) is 18.9 Å². The van der Waals surface area contributed by atoms with Gasteiger partial charge in [-0.3, -0.25) is 4.72 Å². The van der Waals surface area contributed by atoms with E-state index in [0.29, 0.717) is 0 Å². The van der Waals surface area contributed by atoms with E-state index in [9.17, 15) is 21.6 Å². The molecule has 0 aromatic heterocycles. The Morgan fingerprint density at radius 3 is 2.44 bits per heavy atom. The maximum Gasteiger partial charge on any atom is 0.516 e. The Balaban J connectivity index is 2.23. The lowest BCUT2D eigenvalue weighted by molar-refractivity contribution is -0.0429. The number of nitrogens with one attached hydrogen (secondary N) is 1. The minimum atomic E-state index is -5.58. The van der Waals surface area contributed by atoms with E-state index in [2.05, 4.69) is 21.1 Å². The van der Waals surface area contributed by atoms with Crippen molar-refractivity contribution < 1.29 is 26.4 Å². The maximum absolute atomic E-state index is 12.6. The number of sulfonamides is 1. The lowest BCUT2D eigenvalue weighted by Gasteiger charge is -2.14. The zero-order valence-corrected chi connectivity index (χ0v) is 16.9. The van der Waals surface area contributed by atoms with Crippen LogP contribution in [0.15, 0.2) is 52.1 Å². The summed E-state index contributed by atoms with van der Waals surface area (Å²) in [5.74, 6) is 0. The predicted octanol–water partition coefficient (Wildman–Crippen LogP) is 5.30. The lowest BCUT2D eigenvalue weighted by atomic mass is 10.1. The van der Waals surface area contributed by atoms with Gasteiger partial charge in [-0.15, -0.1) is 0 Å². The van der Waals surface area contributed by atoms with Crippen LogP contribution in [0.25, 0.3) is 0 Å². The molecule has 27 heavy (non-hydrogen) atoms. The fraction of sp³-hybridized carbons (Fsp3) is 0.188. The molecule has 0 aliphatic rings. The summed E-state index contributed by atoms with van der Waals surface area (Å²) in [6.07, 6.45) is 0. The molecule has 2 rings (SSSR count). The third-order valence-electron chi connectivity index (χ3n) is 3.27. The third-order valence-corrected chi connectivity index (χ3v) is 5.13. The summed E-state index contributed by atoms with van der Waals surface area (Å²) in [5, 5.41) is 4.03. The highest BCUT2D eigenvalue weighted by Crippen LogP contribution is 2.29. The Kier molecular flexibility index (Phi) is 6.77. The molecular weight excluding hydrogens is 473 g/mol. The van der Waals surface area contributed by atoms with Crippen LogP contribution in [0.3, 0.4) is 0 Å². The van der Waals surface area contributed by atoms with Gasteiger partial charge in [-0.25, -0.2) is 0 Å². The molecule has 2 aromatic rings. The van der Waals surface area contributed by atoms with Gasteiger partial charge in [-0.05, 0) is 42.8 Å². The van der Waals surface area contributed by atoms with Crippen molar-refractivity contribution in [3.05, 3.63) is 63.1 Å². The van der Waals surface area contributed by atoms with Crippen molar-refractivity contribution in [2.45, 2.75) is 19.0 Å². The van der Waals surface area contributed by atoms with Crippen molar-refractivity contribution in [1.82, 2.24) is 0 Å². The number of anilines is 1. The van der Waals surface area contributed by atoms with Crippen LogP contribution in [0.5, 0.6) is 0 Å². The smallest absolute Gasteiger partial charge is 0.391 e. The number of nitrogens with zero attached hydrogens (tertiary/aromatic N) is 1. The fourth-order valence-corrected chi connectivity index (χ4v) is 2.96. The molecule has 146 valence electrons. The standard InChI is InChI=1S/C16H13BrClF3N2O3S/c1-10(22-26-9-11-2-4-12(17)5-3-11)14-8-13(18)6-7-15(14)23-27(24,25)16(19,20)21/h2-8,23H,9H2,1H3/b22-10+. The molecule has 0 radical (unpaired) electrons. The van der Waals surface area contributed by atoms with E-state index in [1.54, 1.807) is 12.1 Å². The molecule has 0 aliphatic heterocycles. The van der Waals surface area contributed by atoms with E-state index in [1.165, 1.54) is 23.8 Å². The first-order valence-corrected chi connectivity index (χ1v) is 9.95. The zero-order chi connectivity index (χ0) is 20.2. The normalized spacial score (nSPS) is 12.7. The SMILES string of the molecule is C/C(=N\OCc1ccc(Br)cc1)c1cc(Cl)ccc1NS(=O)(=O)C(F)(F)F. The van der Waals surface area contributed by atoms with Crippen molar-refractivity contribution in [2.75, 3.05) is 4.72 Å². The molecule has 11 heteroatoms. The Hall–Kier alpha value is -1.78. The van der Waals surface area contributed by atoms with Gasteiger partial charge < -0.3 is 4.84 Å². The lowest BCUT2D eigenvalue weighted by Crippen LogP contribution is -2.30. The van der Waals surface area contributed by atoms with Crippen molar-refractivity contribution >= 4 is 49.0 Å². The van der Waals surface area contributed by atoms with Gasteiger partial charge in [0.05, 0.1) is 11.4 Å². The first kappa shape index (κ1) is 21.5. The van der Waals surface area contributed by atoms with E-state index in [4.69, 9.17) is 16.4 Å². The van der Waals surface area contributed by atoms with Crippen LogP contribution in [0, 0.1) is 0 Å². The molecule has 0 amide bonds. The second-order valence-electron chi connectivity index (χ2n) is 5.32. The largest absolute Gasteiger partial charge is 0.516 e. The van der Waals surface area contributed by atoms with Gasteiger partial charge in [-0.2, -0.15) is 21.6 Å². The highest BCUT2D eigenvalue weighted by Gasteiger charge is 2.46. The molecule has 0 atom stereocenters. The van der Waals surface area contributed by atoms with Gasteiger partial charge in [-0.1, -0.05) is 44.8 Å². The van der Waals surface area contributed by atoms with Crippen LogP contribution < -0.4 is 4.72 Å². The van der Waals surface area contributed by atoms with E-state index < -0.39 is 15.5 Å². The van der Waals surface area contributed by atoms with Gasteiger partial charge in [0.25, 0.3) is 0 Å². The van der Waals surface area contributed by atoms with E-state index in [1.807, 2.05) is 12.1 Å². The van der Waals surface area contributed by atoms with Gasteiger partial charge in [0.2, 0.25) is 0 Å². The van der Waals surface area contributed by atoms with Gasteiger partial charge in [0.1, 0.15) is 6.61 Å². The van der Waals surface area contributed by atoms with Crippen LogP contribution in [-0.2, 0) is 21.5 Å². The summed E-state index contributed by atoms with van der Waals surface area (Å²) in [6.45, 7) is 1.58. The number of alkyl halides is 3. The molecule has 0 aliphatic carbocycles. The minimum absolute atomic E-state index is 0.0612. The Labute approximate surface area is 167 Å². The highest BCUT2D eigenvalue weighted by molar-refractivity contribution is 9.10. The quantitative estimate of drug-likeness (QED) is 0.446. The summed E-state index contributed by atoms with van der Waals surface area (Å²) in [7, 11) is -5.58. The molecule has 2 aromatic carbocycles. The number of halogens is 5. The summed E-state index contributed by atoms with van der Waals surface area (Å²) in [6, 6.07) is 10.9. The predicted molar refractivity (Wildman–Crippen MR) is 101 cm³/mol. The first-order valence-electron chi connectivity index (χ1n) is 7.29. The summed E-state index contributed by atoms with van der Waals surface area (Å²) in [5.41, 5.74) is -4.74. The molecular formula is C16H13BrClF3N2O3S. The Bertz CT molecular complexity index is 948. The third kappa shape index (κ3) is 5.85. The molecule has 0 saturated heterocycles. The van der Waals surface area contributed by atoms with Crippen LogP contribution in [0.2, 0.25) is 5.02 Å².